The summed E-state index contributed by atoms with van der Waals surface area (Å²) in [6, 6.07) is 1.35. The van der Waals surface area contributed by atoms with E-state index in [0.29, 0.717) is 18.4 Å². The molecule has 3 N–H and O–H groups in total. The second kappa shape index (κ2) is 8.30. The lowest BCUT2D eigenvalue weighted by Gasteiger charge is -2.36. The number of Topliss-reactive ketones (excluding diaryl/α,β-unsaturated/α-hetero) is 1. The molecule has 0 aromatic heterocycles. The Morgan fingerprint density at radius 1 is 1.10 bits per heavy atom. The van der Waals surface area contributed by atoms with Gasteiger partial charge in [-0.05, 0) is 46.1 Å². The third kappa shape index (κ3) is 3.82. The molecule has 2 aliphatic rings. The Kier molecular flexibility index (Phi) is 5.97. The van der Waals surface area contributed by atoms with E-state index >= 15 is 0 Å². The zero-order valence-electron chi connectivity index (χ0n) is 17.9. The Balaban J connectivity index is 2.14. The van der Waals surface area contributed by atoms with Crippen LogP contribution in [-0.4, -0.2) is 34.3 Å². The molecule has 1 aromatic carbocycles. The van der Waals surface area contributed by atoms with Crippen molar-refractivity contribution in [2.75, 3.05) is 7.11 Å². The summed E-state index contributed by atoms with van der Waals surface area (Å²) in [5.41, 5.74) is 3.01. The number of hydrogen-bond donors (Lipinski definition) is 3. The predicted molar refractivity (Wildman–Crippen MR) is 114 cm³/mol. The molecule has 6 nitrogen and oxygen atoms in total. The number of ketones is 1. The van der Waals surface area contributed by atoms with E-state index in [4.69, 9.17) is 9.47 Å². The van der Waals surface area contributed by atoms with Crippen LogP contribution in [0.3, 0.4) is 0 Å². The van der Waals surface area contributed by atoms with Crippen LogP contribution in [0, 0.1) is 5.92 Å². The molecule has 1 aliphatic heterocycles. The quantitative estimate of drug-likeness (QED) is 0.597. The first kappa shape index (κ1) is 21.6. The molecule has 1 aromatic rings. The first-order valence-electron chi connectivity index (χ1n) is 9.89. The molecule has 0 spiro atoms. The van der Waals surface area contributed by atoms with Crippen molar-refractivity contribution in [1.29, 1.82) is 0 Å². The lowest BCUT2D eigenvalue weighted by molar-refractivity contribution is 0.0757. The van der Waals surface area contributed by atoms with E-state index in [0.717, 1.165) is 11.1 Å². The van der Waals surface area contributed by atoms with Crippen LogP contribution in [0.1, 0.15) is 50.0 Å². The van der Waals surface area contributed by atoms with E-state index in [2.05, 4.69) is 0 Å². The van der Waals surface area contributed by atoms with Gasteiger partial charge >= 0.3 is 0 Å². The number of allylic oxidation sites excluding steroid dienone is 4. The fraction of sp³-hybridized carbons (Fsp3) is 0.375. The maximum atomic E-state index is 13.5. The molecule has 0 bridgehead atoms. The number of phenols is 2. The lowest BCUT2D eigenvalue weighted by atomic mass is 9.77. The molecule has 160 valence electrons. The molecule has 1 heterocycles. The minimum absolute atomic E-state index is 0.0474. The highest BCUT2D eigenvalue weighted by molar-refractivity contribution is 6.06. The second-order valence-corrected chi connectivity index (χ2v) is 8.10. The van der Waals surface area contributed by atoms with Gasteiger partial charge in [-0.25, -0.2) is 0 Å². The number of aromatic hydroxyl groups is 2. The topological polar surface area (TPSA) is 96.2 Å². The van der Waals surface area contributed by atoms with E-state index in [1.807, 2.05) is 39.8 Å². The number of carbonyl (C=O) groups is 1. The van der Waals surface area contributed by atoms with Gasteiger partial charge in [-0.2, -0.15) is 0 Å². The maximum Gasteiger partial charge on any atom is 0.181 e. The molecular formula is C24H28O6. The Morgan fingerprint density at radius 3 is 2.33 bits per heavy atom. The molecule has 0 radical (unpaired) electrons. The highest BCUT2D eigenvalue weighted by atomic mass is 16.5. The van der Waals surface area contributed by atoms with E-state index in [1.54, 1.807) is 0 Å². The molecule has 30 heavy (non-hydrogen) atoms. The second-order valence-electron chi connectivity index (χ2n) is 8.10. The largest absolute Gasteiger partial charge is 0.507 e. The van der Waals surface area contributed by atoms with Crippen LogP contribution in [-0.2, 0) is 11.2 Å². The Labute approximate surface area is 176 Å². The van der Waals surface area contributed by atoms with Crippen LogP contribution >= 0.6 is 0 Å². The predicted octanol–water partition coefficient (Wildman–Crippen LogP) is 4.88. The highest BCUT2D eigenvalue weighted by Crippen LogP contribution is 2.47. The Bertz CT molecular complexity index is 1000. The van der Waals surface area contributed by atoms with Gasteiger partial charge in [0.05, 0.1) is 13.0 Å². The molecule has 6 heteroatoms. The summed E-state index contributed by atoms with van der Waals surface area (Å²) >= 11 is 0. The average molecular weight is 412 g/mol. The van der Waals surface area contributed by atoms with Gasteiger partial charge in [-0.3, -0.25) is 4.79 Å². The number of carbonyl (C=O) groups excluding carboxylic acids is 1. The van der Waals surface area contributed by atoms with Crippen LogP contribution in [0.5, 0.6) is 17.2 Å². The number of rotatable bonds is 5. The summed E-state index contributed by atoms with van der Waals surface area (Å²) < 4.78 is 11.3. The van der Waals surface area contributed by atoms with Gasteiger partial charge in [-0.15, -0.1) is 0 Å². The third-order valence-corrected chi connectivity index (χ3v) is 5.34. The molecule has 0 saturated heterocycles. The van der Waals surface area contributed by atoms with Crippen molar-refractivity contribution in [3.05, 3.63) is 63.7 Å². The van der Waals surface area contributed by atoms with Gasteiger partial charge in [0.15, 0.2) is 17.3 Å². The zero-order valence-corrected chi connectivity index (χ0v) is 17.9. The van der Waals surface area contributed by atoms with E-state index < -0.39 is 12.0 Å². The first-order chi connectivity index (χ1) is 14.1. The van der Waals surface area contributed by atoms with Gasteiger partial charge in [0.2, 0.25) is 0 Å². The first-order valence-corrected chi connectivity index (χ1v) is 9.89. The summed E-state index contributed by atoms with van der Waals surface area (Å²) in [7, 11) is 1.44. The van der Waals surface area contributed by atoms with Crippen LogP contribution < -0.4 is 4.74 Å². The van der Waals surface area contributed by atoms with Crippen molar-refractivity contribution < 1.29 is 29.6 Å². The van der Waals surface area contributed by atoms with Gasteiger partial charge < -0.3 is 24.8 Å². The Morgan fingerprint density at radius 2 is 1.73 bits per heavy atom. The van der Waals surface area contributed by atoms with Crippen LogP contribution in [0.4, 0.5) is 0 Å². The van der Waals surface area contributed by atoms with Crippen molar-refractivity contribution in [2.24, 2.45) is 5.92 Å². The van der Waals surface area contributed by atoms with E-state index in [-0.39, 0.29) is 45.7 Å². The van der Waals surface area contributed by atoms with Gasteiger partial charge in [0.25, 0.3) is 0 Å². The molecule has 3 rings (SSSR count). The van der Waals surface area contributed by atoms with Crippen molar-refractivity contribution in [3.8, 4) is 17.2 Å². The number of aliphatic hydroxyl groups is 1. The number of benzene rings is 1. The lowest BCUT2D eigenvalue weighted by Crippen LogP contribution is -2.40. The van der Waals surface area contributed by atoms with Crippen LogP contribution in [0.15, 0.2) is 52.5 Å². The standard InChI is InChI=1S/C24H28O6/c1-12(2)6-8-14-16(25)10-19-21(22(14)27)23(28)20-15(9-7-13(3)4)24(29-5)17(26)11-18(20)30-19/h6-7,10-11,18,20,25-27H,8-9H2,1-5H3. The number of fused-ring (bicyclic) bond motifs is 2. The fourth-order valence-corrected chi connectivity index (χ4v) is 3.82. The van der Waals surface area contributed by atoms with Crippen molar-refractivity contribution in [3.63, 3.8) is 0 Å². The molecule has 2 atom stereocenters. The molecule has 0 amide bonds. The average Bonchev–Trinajstić information content (AvgIpc) is 2.64. The summed E-state index contributed by atoms with van der Waals surface area (Å²) in [5, 5.41) is 31.7. The third-order valence-electron chi connectivity index (χ3n) is 5.34. The molecular weight excluding hydrogens is 384 g/mol. The SMILES string of the molecule is COC1=C(CC=C(C)C)C2C(=O)c3c(cc(O)c(CC=C(C)C)c3O)OC2C=C1O. The van der Waals surface area contributed by atoms with Crippen molar-refractivity contribution in [1.82, 2.24) is 0 Å². The molecule has 2 unspecified atom stereocenters. The minimum atomic E-state index is -0.758. The Hall–Kier alpha value is -3.15. The summed E-state index contributed by atoms with van der Waals surface area (Å²) in [4.78, 5) is 13.5. The molecule has 1 aliphatic carbocycles. The number of phenolic OH excluding ortho intramolecular Hbond substituents is 2. The molecule has 0 saturated carbocycles. The monoisotopic (exact) mass is 412 g/mol. The van der Waals surface area contributed by atoms with E-state index in [1.165, 1.54) is 19.3 Å². The smallest absolute Gasteiger partial charge is 0.181 e. The highest BCUT2D eigenvalue weighted by Gasteiger charge is 2.45. The fourth-order valence-electron chi connectivity index (χ4n) is 3.82. The van der Waals surface area contributed by atoms with Crippen LogP contribution in [0.25, 0.3) is 0 Å². The van der Waals surface area contributed by atoms with Gasteiger partial charge in [-0.1, -0.05) is 23.3 Å². The zero-order chi connectivity index (χ0) is 22.2. The van der Waals surface area contributed by atoms with Gasteiger partial charge in [0.1, 0.15) is 28.9 Å². The number of hydrogen-bond acceptors (Lipinski definition) is 6. The number of ether oxygens (including phenoxy) is 2. The minimum Gasteiger partial charge on any atom is -0.507 e. The maximum absolute atomic E-state index is 13.5. The van der Waals surface area contributed by atoms with Crippen molar-refractivity contribution in [2.45, 2.75) is 46.6 Å². The summed E-state index contributed by atoms with van der Waals surface area (Å²) in [6.07, 6.45) is 5.18. The number of aliphatic hydroxyl groups excluding tert-OH is 1. The van der Waals surface area contributed by atoms with Gasteiger partial charge in [0, 0.05) is 17.7 Å². The number of methoxy groups -OCH3 is 1. The van der Waals surface area contributed by atoms with E-state index in [9.17, 15) is 20.1 Å². The summed E-state index contributed by atoms with van der Waals surface area (Å²) in [5.74, 6) is -1.23. The van der Waals surface area contributed by atoms with Crippen molar-refractivity contribution >= 4 is 5.78 Å². The molecule has 0 fully saturated rings. The normalized spacial score (nSPS) is 19.9. The van der Waals surface area contributed by atoms with Crippen LogP contribution in [0.2, 0.25) is 0 Å². The summed E-state index contributed by atoms with van der Waals surface area (Å²) in [6.45, 7) is 7.72.